The van der Waals surface area contributed by atoms with Crippen LogP contribution >= 0.6 is 12.2 Å². The van der Waals surface area contributed by atoms with Crippen molar-refractivity contribution in [1.82, 2.24) is 15.6 Å². The van der Waals surface area contributed by atoms with Crippen LogP contribution in [0.4, 0.5) is 0 Å². The number of thiocarbonyl (C=S) groups is 1. The van der Waals surface area contributed by atoms with Gasteiger partial charge in [-0.15, -0.1) is 0 Å². The van der Waals surface area contributed by atoms with Crippen molar-refractivity contribution >= 4 is 28.2 Å². The van der Waals surface area contributed by atoms with Crippen molar-refractivity contribution in [1.29, 1.82) is 0 Å². The predicted octanol–water partition coefficient (Wildman–Crippen LogP) is -0.312. The summed E-state index contributed by atoms with van der Waals surface area (Å²) in [6.45, 7) is 2.44. The Bertz CT molecular complexity index is 758. The topological polar surface area (TPSA) is 70.6 Å². The lowest BCUT2D eigenvalue weighted by Gasteiger charge is -2.12. The Balaban J connectivity index is 1.92. The first-order chi connectivity index (χ1) is 11.5. The highest BCUT2D eigenvalue weighted by molar-refractivity contribution is 7.80. The second-order valence-electron chi connectivity index (χ2n) is 5.97. The molecular formula is C17H25N4O2S+. The van der Waals surface area contributed by atoms with Crippen molar-refractivity contribution in [3.05, 3.63) is 40.2 Å². The van der Waals surface area contributed by atoms with Crippen molar-refractivity contribution in [2.75, 3.05) is 40.8 Å². The van der Waals surface area contributed by atoms with Gasteiger partial charge in [0.05, 0.1) is 39.8 Å². The molecule has 0 aliphatic carbocycles. The zero-order valence-corrected chi connectivity index (χ0v) is 15.2. The van der Waals surface area contributed by atoms with Crippen molar-refractivity contribution in [2.24, 2.45) is 0 Å². The van der Waals surface area contributed by atoms with E-state index in [4.69, 9.17) is 17.0 Å². The van der Waals surface area contributed by atoms with Crippen LogP contribution in [0.15, 0.2) is 29.1 Å². The molecule has 1 aromatic heterocycles. The van der Waals surface area contributed by atoms with Gasteiger partial charge in [-0.25, -0.2) is 0 Å². The number of hydrogen-bond acceptors (Lipinski definition) is 3. The molecule has 1 aromatic carbocycles. The van der Waals surface area contributed by atoms with Crippen LogP contribution in [0.2, 0.25) is 0 Å². The van der Waals surface area contributed by atoms with E-state index >= 15 is 0 Å². The lowest BCUT2D eigenvalue weighted by atomic mass is 10.1. The average molecular weight is 349 g/mol. The molecule has 1 heterocycles. The smallest absolute Gasteiger partial charge is 0.251 e. The molecule has 0 atom stereocenters. The molecule has 0 unspecified atom stereocenters. The fraction of sp³-hybridized carbons (Fsp3) is 0.412. The lowest BCUT2D eigenvalue weighted by Crippen LogP contribution is -3.06. The molecule has 0 radical (unpaired) electrons. The number of methoxy groups -OCH3 is 1. The Morgan fingerprint density at radius 1 is 1.25 bits per heavy atom. The predicted molar refractivity (Wildman–Crippen MR) is 101 cm³/mol. The van der Waals surface area contributed by atoms with Gasteiger partial charge in [-0.3, -0.25) is 4.79 Å². The molecule has 2 rings (SSSR count). The van der Waals surface area contributed by atoms with E-state index in [-0.39, 0.29) is 5.56 Å². The maximum Gasteiger partial charge on any atom is 0.251 e. The zero-order valence-electron chi connectivity index (χ0n) is 14.4. The summed E-state index contributed by atoms with van der Waals surface area (Å²) < 4.78 is 5.18. The zero-order chi connectivity index (χ0) is 17.5. The third-order valence-corrected chi connectivity index (χ3v) is 4.01. The van der Waals surface area contributed by atoms with Gasteiger partial charge in [0.15, 0.2) is 5.11 Å². The molecule has 0 amide bonds. The van der Waals surface area contributed by atoms with Crippen molar-refractivity contribution in [3.8, 4) is 5.75 Å². The van der Waals surface area contributed by atoms with E-state index in [1.165, 1.54) is 4.90 Å². The van der Waals surface area contributed by atoms with Crippen LogP contribution in [0.3, 0.4) is 0 Å². The van der Waals surface area contributed by atoms with E-state index in [0.29, 0.717) is 18.1 Å². The minimum Gasteiger partial charge on any atom is -0.497 e. The monoisotopic (exact) mass is 349 g/mol. The quantitative estimate of drug-likeness (QED) is 0.516. The van der Waals surface area contributed by atoms with E-state index in [2.05, 4.69) is 29.7 Å². The van der Waals surface area contributed by atoms with Gasteiger partial charge in [-0.05, 0) is 42.2 Å². The molecular weight excluding hydrogens is 324 g/mol. The lowest BCUT2D eigenvalue weighted by molar-refractivity contribution is -0.856. The Morgan fingerprint density at radius 3 is 2.71 bits per heavy atom. The van der Waals surface area contributed by atoms with E-state index in [0.717, 1.165) is 35.3 Å². The number of ether oxygens (including phenoxy) is 1. The maximum atomic E-state index is 12.2. The fourth-order valence-corrected chi connectivity index (χ4v) is 2.54. The molecule has 0 aliphatic rings. The van der Waals surface area contributed by atoms with Gasteiger partial charge in [-0.1, -0.05) is 0 Å². The average Bonchev–Trinajstić information content (AvgIpc) is 2.54. The molecule has 7 heteroatoms. The summed E-state index contributed by atoms with van der Waals surface area (Å²) in [5.74, 6) is 0.726. The largest absolute Gasteiger partial charge is 0.497 e. The number of likely N-dealkylation sites (N-methyl/N-ethyl adjacent to an activating group) is 1. The van der Waals surface area contributed by atoms with E-state index < -0.39 is 0 Å². The number of H-pyrrole nitrogens is 1. The molecule has 0 saturated carbocycles. The summed E-state index contributed by atoms with van der Waals surface area (Å²) >= 11 is 5.23. The minimum absolute atomic E-state index is 0.0763. The van der Waals surface area contributed by atoms with Crippen LogP contribution in [0, 0.1) is 0 Å². The molecule has 0 bridgehead atoms. The number of aromatic nitrogens is 1. The standard InChI is InChI=1S/C17H24N4O2S/c1-21(2)9-8-19-17(24)18-7-6-13-10-12-4-5-14(23-3)11-15(12)20-16(13)22/h4-5,10-11H,6-9H2,1-3H3,(H,20,22)(H2,18,19,24)/p+1. The van der Waals surface area contributed by atoms with Gasteiger partial charge in [0.25, 0.3) is 5.56 Å². The summed E-state index contributed by atoms with van der Waals surface area (Å²) in [7, 11) is 5.80. The highest BCUT2D eigenvalue weighted by atomic mass is 32.1. The number of fused-ring (bicyclic) bond motifs is 1. The number of benzene rings is 1. The van der Waals surface area contributed by atoms with Crippen LogP contribution in [0.5, 0.6) is 5.75 Å². The van der Waals surface area contributed by atoms with E-state index in [9.17, 15) is 4.79 Å². The second-order valence-corrected chi connectivity index (χ2v) is 6.37. The van der Waals surface area contributed by atoms with Crippen LogP contribution < -0.4 is 25.8 Å². The summed E-state index contributed by atoms with van der Waals surface area (Å²) in [4.78, 5) is 16.4. The van der Waals surface area contributed by atoms with E-state index in [1.807, 2.05) is 24.3 Å². The first-order valence-corrected chi connectivity index (χ1v) is 8.41. The summed E-state index contributed by atoms with van der Waals surface area (Å²) in [6, 6.07) is 7.57. The van der Waals surface area contributed by atoms with Crippen LogP contribution in [-0.4, -0.2) is 50.9 Å². The maximum absolute atomic E-state index is 12.2. The molecule has 6 nitrogen and oxygen atoms in total. The normalized spacial score (nSPS) is 10.8. The molecule has 130 valence electrons. The molecule has 0 spiro atoms. The van der Waals surface area contributed by atoms with Gasteiger partial charge in [-0.2, -0.15) is 0 Å². The minimum atomic E-state index is -0.0763. The Hall–Kier alpha value is -2.12. The van der Waals surface area contributed by atoms with Crippen LogP contribution in [-0.2, 0) is 6.42 Å². The van der Waals surface area contributed by atoms with Gasteiger partial charge < -0.3 is 25.3 Å². The van der Waals surface area contributed by atoms with Crippen LogP contribution in [0.1, 0.15) is 5.56 Å². The molecule has 0 saturated heterocycles. The van der Waals surface area contributed by atoms with E-state index in [1.54, 1.807) is 7.11 Å². The molecule has 4 N–H and O–H groups in total. The van der Waals surface area contributed by atoms with Crippen molar-refractivity contribution < 1.29 is 9.64 Å². The van der Waals surface area contributed by atoms with Gasteiger partial charge >= 0.3 is 0 Å². The molecule has 2 aromatic rings. The number of rotatable bonds is 7. The van der Waals surface area contributed by atoms with Gasteiger partial charge in [0.1, 0.15) is 5.75 Å². The molecule has 24 heavy (non-hydrogen) atoms. The summed E-state index contributed by atoms with van der Waals surface area (Å²) in [5, 5.41) is 7.90. The van der Waals surface area contributed by atoms with Crippen molar-refractivity contribution in [3.63, 3.8) is 0 Å². The highest BCUT2D eigenvalue weighted by Gasteiger charge is 2.05. The third kappa shape index (κ3) is 5.21. The van der Waals surface area contributed by atoms with Gasteiger partial charge in [0, 0.05) is 18.2 Å². The summed E-state index contributed by atoms with van der Waals surface area (Å²) in [5.41, 5.74) is 1.44. The van der Waals surface area contributed by atoms with Crippen molar-refractivity contribution in [2.45, 2.75) is 6.42 Å². The number of pyridine rings is 1. The fourth-order valence-electron chi connectivity index (χ4n) is 2.34. The number of hydrogen-bond donors (Lipinski definition) is 4. The molecule has 0 fully saturated rings. The highest BCUT2D eigenvalue weighted by Crippen LogP contribution is 2.18. The number of quaternary nitrogens is 1. The van der Waals surface area contributed by atoms with Gasteiger partial charge in [0.2, 0.25) is 0 Å². The number of nitrogens with one attached hydrogen (secondary N) is 4. The summed E-state index contributed by atoms with van der Waals surface area (Å²) in [6.07, 6.45) is 0.609. The molecule has 0 aliphatic heterocycles. The Labute approximate surface area is 147 Å². The van der Waals surface area contributed by atoms with Crippen LogP contribution in [0.25, 0.3) is 10.9 Å². The first kappa shape index (κ1) is 18.2. The number of aromatic amines is 1. The Kier molecular flexibility index (Phi) is 6.57. The second kappa shape index (κ2) is 8.65. The SMILES string of the molecule is COc1ccc2cc(CCNC(=S)NCC[NH+](C)C)c(=O)[nH]c2c1. The Morgan fingerprint density at radius 2 is 2.00 bits per heavy atom. The third-order valence-electron chi connectivity index (χ3n) is 3.72. The first-order valence-electron chi connectivity index (χ1n) is 8.00.